The molecule has 2 rings (SSSR count). The average molecular weight is 234 g/mol. The second kappa shape index (κ2) is 4.21. The number of hydrogen-bond donors (Lipinski definition) is 3. The highest BCUT2D eigenvalue weighted by Crippen LogP contribution is 2.21. The first-order valence-corrected chi connectivity index (χ1v) is 5.64. The Hall–Kier alpha value is -1.82. The molecule has 0 spiro atoms. The summed E-state index contributed by atoms with van der Waals surface area (Å²) >= 11 is 0. The lowest BCUT2D eigenvalue weighted by Crippen LogP contribution is -2.30. The van der Waals surface area contributed by atoms with E-state index in [1.165, 1.54) is 0 Å². The van der Waals surface area contributed by atoms with Crippen LogP contribution in [0.2, 0.25) is 0 Å². The Balaban J connectivity index is 2.47. The molecule has 0 aromatic carbocycles. The predicted octanol–water partition coefficient (Wildman–Crippen LogP) is 1.62. The van der Waals surface area contributed by atoms with Crippen LogP contribution >= 0.6 is 0 Å². The first-order chi connectivity index (χ1) is 8.05. The smallest absolute Gasteiger partial charge is 0.180 e. The van der Waals surface area contributed by atoms with Crippen molar-refractivity contribution in [1.82, 2.24) is 14.4 Å². The number of nitrogens with one attached hydrogen (secondary N) is 2. The molecule has 0 aliphatic heterocycles. The maximum absolute atomic E-state index is 5.40. The van der Waals surface area contributed by atoms with Crippen molar-refractivity contribution in [2.24, 2.45) is 5.84 Å². The first-order valence-electron chi connectivity index (χ1n) is 5.64. The van der Waals surface area contributed by atoms with Crippen LogP contribution in [0, 0.1) is 0 Å². The monoisotopic (exact) mass is 234 g/mol. The zero-order valence-electron chi connectivity index (χ0n) is 10.4. The number of nitrogens with zero attached hydrogens (tertiary/aromatic N) is 3. The van der Waals surface area contributed by atoms with E-state index < -0.39 is 0 Å². The molecule has 0 aliphatic rings. The van der Waals surface area contributed by atoms with Gasteiger partial charge in [-0.2, -0.15) is 0 Å². The molecular formula is C11H18N6. The largest absolute Gasteiger partial charge is 0.362 e. The third-order valence-electron chi connectivity index (χ3n) is 2.86. The Labute approximate surface area is 100 Å². The molecule has 92 valence electrons. The van der Waals surface area contributed by atoms with Crippen LogP contribution in [0.1, 0.15) is 27.2 Å². The average Bonchev–Trinajstić information content (AvgIpc) is 2.76. The van der Waals surface area contributed by atoms with Crippen LogP contribution in [0.15, 0.2) is 18.6 Å². The lowest BCUT2D eigenvalue weighted by Gasteiger charge is -2.25. The fourth-order valence-electron chi connectivity index (χ4n) is 1.49. The maximum atomic E-state index is 5.40. The van der Waals surface area contributed by atoms with Gasteiger partial charge in [-0.25, -0.2) is 15.8 Å². The van der Waals surface area contributed by atoms with Crippen LogP contribution in [0.3, 0.4) is 0 Å². The van der Waals surface area contributed by atoms with E-state index in [1.54, 1.807) is 12.4 Å². The molecule has 4 N–H and O–H groups in total. The van der Waals surface area contributed by atoms with Crippen molar-refractivity contribution in [3.63, 3.8) is 0 Å². The van der Waals surface area contributed by atoms with Crippen molar-refractivity contribution in [3.05, 3.63) is 18.6 Å². The van der Waals surface area contributed by atoms with Gasteiger partial charge < -0.3 is 15.1 Å². The van der Waals surface area contributed by atoms with Crippen molar-refractivity contribution in [2.75, 3.05) is 10.7 Å². The van der Waals surface area contributed by atoms with Crippen LogP contribution in [0.25, 0.3) is 5.65 Å². The summed E-state index contributed by atoms with van der Waals surface area (Å²) in [4.78, 5) is 8.68. The van der Waals surface area contributed by atoms with E-state index in [9.17, 15) is 0 Å². The molecule has 2 aromatic rings. The predicted molar refractivity (Wildman–Crippen MR) is 68.8 cm³/mol. The van der Waals surface area contributed by atoms with Gasteiger partial charge in [0.15, 0.2) is 17.3 Å². The Bertz CT molecular complexity index is 516. The van der Waals surface area contributed by atoms with Gasteiger partial charge in [0.2, 0.25) is 0 Å². The van der Waals surface area contributed by atoms with Crippen LogP contribution < -0.4 is 16.6 Å². The van der Waals surface area contributed by atoms with Crippen molar-refractivity contribution >= 4 is 17.3 Å². The second-order valence-corrected chi connectivity index (χ2v) is 4.64. The van der Waals surface area contributed by atoms with Crippen LogP contribution in [-0.4, -0.2) is 19.9 Å². The summed E-state index contributed by atoms with van der Waals surface area (Å²) in [5, 5.41) is 3.38. The summed E-state index contributed by atoms with van der Waals surface area (Å²) in [5.41, 5.74) is 3.32. The third kappa shape index (κ3) is 2.31. The molecule has 0 saturated carbocycles. The minimum Gasteiger partial charge on any atom is -0.362 e. The Morgan fingerprint density at radius 1 is 1.47 bits per heavy atom. The van der Waals surface area contributed by atoms with E-state index in [1.807, 2.05) is 10.6 Å². The number of fused-ring (bicyclic) bond motifs is 1. The number of hydrazine groups is 1. The second-order valence-electron chi connectivity index (χ2n) is 4.64. The standard InChI is InChI=1S/C11H18N6/c1-4-11(2,3)15-9-10-13-5-6-17(10)7-8(14-9)16-12/h5-7,16H,4,12H2,1-3H3,(H,14,15). The zero-order chi connectivity index (χ0) is 12.5. The molecule has 0 radical (unpaired) electrons. The summed E-state index contributed by atoms with van der Waals surface area (Å²) in [5.74, 6) is 6.74. The minimum atomic E-state index is -0.0351. The van der Waals surface area contributed by atoms with Gasteiger partial charge in [-0.15, -0.1) is 0 Å². The highest BCUT2D eigenvalue weighted by molar-refractivity contribution is 5.66. The van der Waals surface area contributed by atoms with E-state index >= 15 is 0 Å². The van der Waals surface area contributed by atoms with Crippen LogP contribution in [0.5, 0.6) is 0 Å². The van der Waals surface area contributed by atoms with Gasteiger partial charge in [0.1, 0.15) is 0 Å². The SMILES string of the molecule is CCC(C)(C)Nc1nc(NN)cn2ccnc12. The van der Waals surface area contributed by atoms with Crippen molar-refractivity contribution in [1.29, 1.82) is 0 Å². The van der Waals surface area contributed by atoms with Gasteiger partial charge in [0, 0.05) is 17.9 Å². The molecule has 0 saturated heterocycles. The zero-order valence-corrected chi connectivity index (χ0v) is 10.4. The molecule has 0 amide bonds. The van der Waals surface area contributed by atoms with Crippen molar-refractivity contribution in [3.8, 4) is 0 Å². The molecule has 6 nitrogen and oxygen atoms in total. The van der Waals surface area contributed by atoms with Gasteiger partial charge in [-0.05, 0) is 20.3 Å². The summed E-state index contributed by atoms with van der Waals surface area (Å²) in [6.07, 6.45) is 6.39. The van der Waals surface area contributed by atoms with E-state index in [0.29, 0.717) is 5.82 Å². The Morgan fingerprint density at radius 3 is 2.88 bits per heavy atom. The topological polar surface area (TPSA) is 80.3 Å². The Kier molecular flexibility index (Phi) is 2.89. The fourth-order valence-corrected chi connectivity index (χ4v) is 1.49. The molecular weight excluding hydrogens is 216 g/mol. The molecule has 2 heterocycles. The van der Waals surface area contributed by atoms with E-state index in [0.717, 1.165) is 17.9 Å². The quantitative estimate of drug-likeness (QED) is 0.553. The number of imidazole rings is 1. The summed E-state index contributed by atoms with van der Waals surface area (Å²) in [6, 6.07) is 0. The van der Waals surface area contributed by atoms with Gasteiger partial charge >= 0.3 is 0 Å². The van der Waals surface area contributed by atoms with Gasteiger partial charge in [0.25, 0.3) is 0 Å². The minimum absolute atomic E-state index is 0.0351. The normalized spacial score (nSPS) is 11.8. The van der Waals surface area contributed by atoms with Crippen LogP contribution in [-0.2, 0) is 0 Å². The highest BCUT2D eigenvalue weighted by atomic mass is 15.3. The molecule has 17 heavy (non-hydrogen) atoms. The maximum Gasteiger partial charge on any atom is 0.180 e. The molecule has 0 unspecified atom stereocenters. The van der Waals surface area contributed by atoms with E-state index in [-0.39, 0.29) is 5.54 Å². The van der Waals surface area contributed by atoms with Gasteiger partial charge in [0.05, 0.1) is 6.20 Å². The van der Waals surface area contributed by atoms with Gasteiger partial charge in [-0.3, -0.25) is 0 Å². The number of hydrogen-bond acceptors (Lipinski definition) is 5. The van der Waals surface area contributed by atoms with Gasteiger partial charge in [-0.1, -0.05) is 6.92 Å². The number of nitrogens with two attached hydrogens (primary N) is 1. The molecule has 0 atom stereocenters. The molecule has 2 aromatic heterocycles. The first kappa shape index (κ1) is 11.7. The lowest BCUT2D eigenvalue weighted by molar-refractivity contribution is 0.545. The van der Waals surface area contributed by atoms with Crippen molar-refractivity contribution < 1.29 is 0 Å². The lowest BCUT2D eigenvalue weighted by atomic mass is 10.0. The number of anilines is 2. The molecule has 0 aliphatic carbocycles. The van der Waals surface area contributed by atoms with E-state index in [2.05, 4.69) is 41.5 Å². The summed E-state index contributed by atoms with van der Waals surface area (Å²) < 4.78 is 1.89. The molecule has 0 fully saturated rings. The number of aromatic nitrogens is 3. The summed E-state index contributed by atoms with van der Waals surface area (Å²) in [7, 11) is 0. The fraction of sp³-hybridized carbons (Fsp3) is 0.455. The number of nitrogen functional groups attached to an aromatic ring is 1. The highest BCUT2D eigenvalue weighted by Gasteiger charge is 2.17. The van der Waals surface area contributed by atoms with Crippen LogP contribution in [0.4, 0.5) is 11.6 Å². The van der Waals surface area contributed by atoms with Crippen molar-refractivity contribution in [2.45, 2.75) is 32.7 Å². The Morgan fingerprint density at radius 2 is 2.24 bits per heavy atom. The molecule has 0 bridgehead atoms. The van der Waals surface area contributed by atoms with E-state index in [4.69, 9.17) is 5.84 Å². The third-order valence-corrected chi connectivity index (χ3v) is 2.86. The number of rotatable bonds is 4. The molecule has 6 heteroatoms. The summed E-state index contributed by atoms with van der Waals surface area (Å²) in [6.45, 7) is 6.37.